The van der Waals surface area contributed by atoms with Crippen molar-refractivity contribution in [2.75, 3.05) is 0 Å². The van der Waals surface area contributed by atoms with Crippen molar-refractivity contribution in [3.05, 3.63) is 12.3 Å². The molecular formula is C15H27NO3. The number of aliphatic hydroxyl groups excluding tert-OH is 1. The zero-order valence-corrected chi connectivity index (χ0v) is 12.6. The molecule has 4 nitrogen and oxygen atoms in total. The molecule has 1 rings (SSSR count). The van der Waals surface area contributed by atoms with Crippen molar-refractivity contribution in [2.45, 2.75) is 77.5 Å². The van der Waals surface area contributed by atoms with Gasteiger partial charge in [0.05, 0.1) is 6.10 Å². The molecule has 2 atom stereocenters. The van der Waals surface area contributed by atoms with Gasteiger partial charge in [-0.25, -0.2) is 4.79 Å². The second kappa shape index (κ2) is 6.94. The van der Waals surface area contributed by atoms with Crippen LogP contribution in [0.5, 0.6) is 0 Å². The number of carbonyl (C=O) groups is 1. The zero-order valence-electron chi connectivity index (χ0n) is 12.6. The minimum absolute atomic E-state index is 0.0430. The van der Waals surface area contributed by atoms with E-state index in [1.54, 1.807) is 11.1 Å². The van der Waals surface area contributed by atoms with E-state index in [1.807, 2.05) is 26.8 Å². The first-order valence-corrected chi connectivity index (χ1v) is 7.19. The molecule has 0 bridgehead atoms. The number of allylic oxidation sites excluding steroid dienone is 1. The van der Waals surface area contributed by atoms with Gasteiger partial charge in [-0.15, -0.1) is 0 Å². The van der Waals surface area contributed by atoms with Crippen LogP contribution in [0.4, 0.5) is 4.79 Å². The molecule has 0 aromatic rings. The third-order valence-corrected chi connectivity index (χ3v) is 3.10. The van der Waals surface area contributed by atoms with Crippen molar-refractivity contribution in [3.8, 4) is 0 Å². The van der Waals surface area contributed by atoms with Crippen LogP contribution in [0.15, 0.2) is 12.3 Å². The quantitative estimate of drug-likeness (QED) is 0.850. The highest BCUT2D eigenvalue weighted by atomic mass is 16.6. The van der Waals surface area contributed by atoms with E-state index < -0.39 is 5.60 Å². The Morgan fingerprint density at radius 3 is 2.79 bits per heavy atom. The Hall–Kier alpha value is -1.03. The molecule has 0 aliphatic carbocycles. The van der Waals surface area contributed by atoms with Crippen LogP contribution in [0.2, 0.25) is 0 Å². The zero-order chi connectivity index (χ0) is 14.5. The SMILES string of the molecule is CCC[C@@H](O)C[C@@H]1CCC=CN1C(=O)OC(C)(C)C. The molecule has 0 fully saturated rings. The van der Waals surface area contributed by atoms with E-state index in [-0.39, 0.29) is 18.2 Å². The van der Waals surface area contributed by atoms with E-state index in [4.69, 9.17) is 4.74 Å². The molecule has 1 aliphatic rings. The molecule has 19 heavy (non-hydrogen) atoms. The molecule has 0 saturated heterocycles. The topological polar surface area (TPSA) is 49.8 Å². The van der Waals surface area contributed by atoms with E-state index in [9.17, 15) is 9.90 Å². The van der Waals surface area contributed by atoms with Crippen molar-refractivity contribution in [1.82, 2.24) is 4.90 Å². The van der Waals surface area contributed by atoms with Crippen LogP contribution in [0, 0.1) is 0 Å². The fourth-order valence-corrected chi connectivity index (χ4v) is 2.26. The summed E-state index contributed by atoms with van der Waals surface area (Å²) < 4.78 is 5.40. The van der Waals surface area contributed by atoms with Crippen LogP contribution in [0.1, 0.15) is 59.8 Å². The highest BCUT2D eigenvalue weighted by molar-refractivity contribution is 5.70. The second-order valence-electron chi connectivity index (χ2n) is 6.18. The molecule has 1 heterocycles. The van der Waals surface area contributed by atoms with Crippen LogP contribution in [-0.4, -0.2) is 33.8 Å². The van der Waals surface area contributed by atoms with Crippen LogP contribution in [0.25, 0.3) is 0 Å². The fraction of sp³-hybridized carbons (Fsp3) is 0.800. The van der Waals surface area contributed by atoms with Gasteiger partial charge < -0.3 is 9.84 Å². The van der Waals surface area contributed by atoms with Gasteiger partial charge >= 0.3 is 6.09 Å². The molecule has 1 amide bonds. The summed E-state index contributed by atoms with van der Waals surface area (Å²) in [7, 11) is 0. The lowest BCUT2D eigenvalue weighted by atomic mass is 9.98. The average Bonchev–Trinajstić information content (AvgIpc) is 2.27. The fourth-order valence-electron chi connectivity index (χ4n) is 2.26. The molecule has 0 aromatic carbocycles. The number of carbonyl (C=O) groups excluding carboxylic acids is 1. The van der Waals surface area contributed by atoms with Crippen LogP contribution >= 0.6 is 0 Å². The van der Waals surface area contributed by atoms with Gasteiger partial charge in [-0.2, -0.15) is 0 Å². The van der Waals surface area contributed by atoms with E-state index >= 15 is 0 Å². The van der Waals surface area contributed by atoms with Gasteiger partial charge in [-0.05, 0) is 46.5 Å². The third kappa shape index (κ3) is 5.64. The third-order valence-electron chi connectivity index (χ3n) is 3.10. The molecule has 1 N–H and O–H groups in total. The lowest BCUT2D eigenvalue weighted by Gasteiger charge is -2.34. The Morgan fingerprint density at radius 1 is 1.53 bits per heavy atom. The van der Waals surface area contributed by atoms with Gasteiger partial charge in [0.2, 0.25) is 0 Å². The first kappa shape index (κ1) is 16.0. The first-order valence-electron chi connectivity index (χ1n) is 7.19. The highest BCUT2D eigenvalue weighted by Crippen LogP contribution is 2.23. The predicted molar refractivity (Wildman–Crippen MR) is 75.8 cm³/mol. The molecule has 4 heteroatoms. The summed E-state index contributed by atoms with van der Waals surface area (Å²) in [4.78, 5) is 13.8. The highest BCUT2D eigenvalue weighted by Gasteiger charge is 2.29. The first-order chi connectivity index (χ1) is 8.83. The Kier molecular flexibility index (Phi) is 5.85. The monoisotopic (exact) mass is 269 g/mol. The Labute approximate surface area is 116 Å². The minimum atomic E-state index is -0.491. The summed E-state index contributed by atoms with van der Waals surface area (Å²) >= 11 is 0. The minimum Gasteiger partial charge on any atom is -0.443 e. The number of amides is 1. The predicted octanol–water partition coefficient (Wildman–Crippen LogP) is 3.45. The van der Waals surface area contributed by atoms with Crippen molar-refractivity contribution in [3.63, 3.8) is 0 Å². The van der Waals surface area contributed by atoms with Gasteiger partial charge in [-0.1, -0.05) is 19.4 Å². The van der Waals surface area contributed by atoms with E-state index in [1.165, 1.54) is 0 Å². The summed E-state index contributed by atoms with van der Waals surface area (Å²) in [5, 5.41) is 9.93. The van der Waals surface area contributed by atoms with Crippen LogP contribution in [0.3, 0.4) is 0 Å². The Bertz CT molecular complexity index is 320. The molecule has 0 saturated carbocycles. The van der Waals surface area contributed by atoms with Gasteiger partial charge in [0.1, 0.15) is 5.60 Å². The number of rotatable bonds is 4. The van der Waals surface area contributed by atoms with Crippen molar-refractivity contribution < 1.29 is 14.6 Å². The number of nitrogens with zero attached hydrogens (tertiary/aromatic N) is 1. The lowest BCUT2D eigenvalue weighted by Crippen LogP contribution is -2.42. The summed E-state index contributed by atoms with van der Waals surface area (Å²) in [5.41, 5.74) is -0.491. The summed E-state index contributed by atoms with van der Waals surface area (Å²) in [6, 6.07) is 0.0430. The number of ether oxygens (including phenoxy) is 1. The Balaban J connectivity index is 2.64. The second-order valence-corrected chi connectivity index (χ2v) is 6.18. The summed E-state index contributed by atoms with van der Waals surface area (Å²) in [6.07, 6.45) is 7.30. The Morgan fingerprint density at radius 2 is 2.21 bits per heavy atom. The van der Waals surface area contributed by atoms with Crippen molar-refractivity contribution in [2.24, 2.45) is 0 Å². The maximum Gasteiger partial charge on any atom is 0.414 e. The van der Waals surface area contributed by atoms with E-state index in [2.05, 4.69) is 6.92 Å². The molecule has 0 aromatic heterocycles. The van der Waals surface area contributed by atoms with E-state index in [0.29, 0.717) is 6.42 Å². The number of hydrogen-bond donors (Lipinski definition) is 1. The molecule has 0 spiro atoms. The van der Waals surface area contributed by atoms with Crippen molar-refractivity contribution in [1.29, 1.82) is 0 Å². The molecule has 1 aliphatic heterocycles. The number of hydrogen-bond acceptors (Lipinski definition) is 3. The molecule has 110 valence electrons. The smallest absolute Gasteiger partial charge is 0.414 e. The summed E-state index contributed by atoms with van der Waals surface area (Å²) in [6.45, 7) is 7.63. The maximum atomic E-state index is 12.1. The van der Waals surface area contributed by atoms with Crippen LogP contribution < -0.4 is 0 Å². The summed E-state index contributed by atoms with van der Waals surface area (Å²) in [5.74, 6) is 0. The largest absolute Gasteiger partial charge is 0.443 e. The molecule has 0 unspecified atom stereocenters. The van der Waals surface area contributed by atoms with Crippen molar-refractivity contribution >= 4 is 6.09 Å². The normalized spacial score (nSPS) is 21.3. The van der Waals surface area contributed by atoms with Gasteiger partial charge in [0, 0.05) is 12.2 Å². The molecule has 0 radical (unpaired) electrons. The van der Waals surface area contributed by atoms with E-state index in [0.717, 1.165) is 25.7 Å². The van der Waals surface area contributed by atoms with Gasteiger partial charge in [0.15, 0.2) is 0 Å². The number of aliphatic hydroxyl groups is 1. The average molecular weight is 269 g/mol. The maximum absolute atomic E-state index is 12.1. The molecular weight excluding hydrogens is 242 g/mol. The van der Waals surface area contributed by atoms with Crippen LogP contribution in [-0.2, 0) is 4.74 Å². The lowest BCUT2D eigenvalue weighted by molar-refractivity contribution is 0.0192. The van der Waals surface area contributed by atoms with Gasteiger partial charge in [0.25, 0.3) is 0 Å². The standard InChI is InChI=1S/C15H27NO3/c1-5-8-13(17)11-12-9-6-7-10-16(12)14(18)19-15(2,3)4/h7,10,12-13,17H,5-6,8-9,11H2,1-4H3/t12-,13+/m0/s1. The van der Waals surface area contributed by atoms with Gasteiger partial charge in [-0.3, -0.25) is 4.90 Å².